The number of amides is 1. The number of halogens is 1. The highest BCUT2D eigenvalue weighted by atomic mass is 79.9. The summed E-state index contributed by atoms with van der Waals surface area (Å²) in [5, 5.41) is 8.32. The van der Waals surface area contributed by atoms with Crippen molar-refractivity contribution >= 4 is 38.9 Å². The summed E-state index contributed by atoms with van der Waals surface area (Å²) in [6, 6.07) is 9.78. The van der Waals surface area contributed by atoms with Gasteiger partial charge in [0.25, 0.3) is 5.91 Å². The van der Waals surface area contributed by atoms with Crippen LogP contribution in [0, 0.1) is 0 Å². The molecule has 20 heavy (non-hydrogen) atoms. The minimum atomic E-state index is -0.0399. The summed E-state index contributed by atoms with van der Waals surface area (Å²) in [5.74, 6) is -0.0399. The number of rotatable bonds is 5. The molecule has 106 valence electrons. The van der Waals surface area contributed by atoms with Crippen LogP contribution in [-0.2, 0) is 6.54 Å². The second-order valence-electron chi connectivity index (χ2n) is 4.82. The minimum Gasteiger partial charge on any atom is -0.381 e. The van der Waals surface area contributed by atoms with Crippen LogP contribution in [0.5, 0.6) is 0 Å². The van der Waals surface area contributed by atoms with Crippen molar-refractivity contribution in [2.24, 2.45) is 0 Å². The molecule has 0 saturated carbocycles. The highest BCUT2D eigenvalue weighted by molar-refractivity contribution is 9.11. The Bertz CT molecular complexity index is 595. The van der Waals surface area contributed by atoms with Crippen molar-refractivity contribution in [1.82, 2.24) is 5.32 Å². The lowest BCUT2D eigenvalue weighted by atomic mass is 10.1. The first-order valence-corrected chi connectivity index (χ1v) is 8.09. The standard InChI is InChI=1S/C15H17BrN2OS/c1-10(2)18-15(19)12-4-3-5-13(7-12)17-8-11-6-14(16)20-9-11/h3-7,9-10,17H,8H2,1-2H3,(H,18,19). The van der Waals surface area contributed by atoms with Gasteiger partial charge in [0.2, 0.25) is 0 Å². The molecule has 3 nitrogen and oxygen atoms in total. The summed E-state index contributed by atoms with van der Waals surface area (Å²) >= 11 is 5.12. The van der Waals surface area contributed by atoms with E-state index in [4.69, 9.17) is 0 Å². The van der Waals surface area contributed by atoms with E-state index < -0.39 is 0 Å². The van der Waals surface area contributed by atoms with Crippen LogP contribution >= 0.6 is 27.3 Å². The van der Waals surface area contributed by atoms with E-state index in [9.17, 15) is 4.79 Å². The third kappa shape index (κ3) is 4.35. The van der Waals surface area contributed by atoms with E-state index in [1.807, 2.05) is 38.1 Å². The van der Waals surface area contributed by atoms with Crippen LogP contribution in [0.2, 0.25) is 0 Å². The molecule has 2 N–H and O–H groups in total. The maximum absolute atomic E-state index is 11.9. The van der Waals surface area contributed by atoms with E-state index in [1.54, 1.807) is 11.3 Å². The molecule has 0 aliphatic carbocycles. The molecule has 0 fully saturated rings. The quantitative estimate of drug-likeness (QED) is 0.843. The van der Waals surface area contributed by atoms with Gasteiger partial charge in [-0.2, -0.15) is 0 Å². The van der Waals surface area contributed by atoms with Crippen LogP contribution in [-0.4, -0.2) is 11.9 Å². The lowest BCUT2D eigenvalue weighted by Gasteiger charge is -2.10. The van der Waals surface area contributed by atoms with Crippen molar-refractivity contribution in [2.45, 2.75) is 26.4 Å². The number of carbonyl (C=O) groups excluding carboxylic acids is 1. The Morgan fingerprint density at radius 1 is 1.35 bits per heavy atom. The topological polar surface area (TPSA) is 41.1 Å². The molecule has 0 bridgehead atoms. The lowest BCUT2D eigenvalue weighted by molar-refractivity contribution is 0.0943. The normalized spacial score (nSPS) is 10.6. The van der Waals surface area contributed by atoms with Crippen molar-refractivity contribution in [2.75, 3.05) is 5.32 Å². The molecule has 0 radical (unpaired) electrons. The molecule has 0 aliphatic heterocycles. The number of thiophene rings is 1. The summed E-state index contributed by atoms with van der Waals surface area (Å²) in [6.45, 7) is 4.65. The van der Waals surface area contributed by atoms with Gasteiger partial charge in [0, 0.05) is 23.8 Å². The Morgan fingerprint density at radius 3 is 2.80 bits per heavy atom. The molecule has 2 rings (SSSR count). The molecule has 0 saturated heterocycles. The van der Waals surface area contributed by atoms with Crippen molar-refractivity contribution in [3.05, 3.63) is 50.6 Å². The third-order valence-corrected chi connectivity index (χ3v) is 4.22. The van der Waals surface area contributed by atoms with E-state index >= 15 is 0 Å². The summed E-state index contributed by atoms with van der Waals surface area (Å²) < 4.78 is 1.12. The smallest absolute Gasteiger partial charge is 0.251 e. The van der Waals surface area contributed by atoms with Gasteiger partial charge in [-0.15, -0.1) is 11.3 Å². The van der Waals surface area contributed by atoms with Crippen LogP contribution in [0.15, 0.2) is 39.5 Å². The number of nitrogens with one attached hydrogen (secondary N) is 2. The van der Waals surface area contributed by atoms with Gasteiger partial charge in [-0.3, -0.25) is 4.79 Å². The Hall–Kier alpha value is -1.33. The van der Waals surface area contributed by atoms with E-state index in [0.717, 1.165) is 16.0 Å². The Morgan fingerprint density at radius 2 is 2.15 bits per heavy atom. The highest BCUT2D eigenvalue weighted by Gasteiger charge is 2.07. The molecule has 1 aromatic heterocycles. The maximum atomic E-state index is 11.9. The van der Waals surface area contributed by atoms with Crippen LogP contribution in [0.25, 0.3) is 0 Å². The van der Waals surface area contributed by atoms with Gasteiger partial charge >= 0.3 is 0 Å². The molecule has 1 amide bonds. The number of anilines is 1. The molecule has 1 aromatic carbocycles. The first kappa shape index (κ1) is 15.1. The average Bonchev–Trinajstić information content (AvgIpc) is 2.82. The zero-order valence-corrected chi connectivity index (χ0v) is 13.8. The van der Waals surface area contributed by atoms with E-state index in [1.165, 1.54) is 5.56 Å². The molecule has 0 unspecified atom stereocenters. The fourth-order valence-electron chi connectivity index (χ4n) is 1.76. The first-order chi connectivity index (χ1) is 9.54. The third-order valence-electron chi connectivity index (χ3n) is 2.66. The van der Waals surface area contributed by atoms with Gasteiger partial charge in [0.15, 0.2) is 0 Å². The highest BCUT2D eigenvalue weighted by Crippen LogP contribution is 2.21. The van der Waals surface area contributed by atoms with E-state index in [0.29, 0.717) is 5.56 Å². The SMILES string of the molecule is CC(C)NC(=O)c1cccc(NCc2csc(Br)c2)c1. The molecule has 0 spiro atoms. The molecule has 1 heterocycles. The molecule has 0 atom stereocenters. The summed E-state index contributed by atoms with van der Waals surface area (Å²) in [5.41, 5.74) is 2.85. The predicted molar refractivity (Wildman–Crippen MR) is 88.4 cm³/mol. The summed E-state index contributed by atoms with van der Waals surface area (Å²) in [4.78, 5) is 11.9. The average molecular weight is 353 g/mol. The molecule has 5 heteroatoms. The van der Waals surface area contributed by atoms with Crippen molar-refractivity contribution < 1.29 is 4.79 Å². The summed E-state index contributed by atoms with van der Waals surface area (Å²) in [7, 11) is 0. The van der Waals surface area contributed by atoms with Gasteiger partial charge in [-0.25, -0.2) is 0 Å². The molecular weight excluding hydrogens is 336 g/mol. The van der Waals surface area contributed by atoms with E-state index in [2.05, 4.69) is 38.0 Å². The van der Waals surface area contributed by atoms with E-state index in [-0.39, 0.29) is 11.9 Å². The van der Waals surface area contributed by atoms with Crippen molar-refractivity contribution in [3.8, 4) is 0 Å². The van der Waals surface area contributed by atoms with Crippen LogP contribution in [0.1, 0.15) is 29.8 Å². The number of carbonyl (C=O) groups is 1. The minimum absolute atomic E-state index is 0.0399. The van der Waals surface area contributed by atoms with Crippen molar-refractivity contribution in [3.63, 3.8) is 0 Å². The van der Waals surface area contributed by atoms with Crippen molar-refractivity contribution in [1.29, 1.82) is 0 Å². The van der Waals surface area contributed by atoms with Crippen LogP contribution < -0.4 is 10.6 Å². The van der Waals surface area contributed by atoms with Gasteiger partial charge in [-0.1, -0.05) is 6.07 Å². The Kier molecular flexibility index (Phi) is 5.20. The largest absolute Gasteiger partial charge is 0.381 e. The zero-order chi connectivity index (χ0) is 14.5. The van der Waals surface area contributed by atoms with Gasteiger partial charge in [0.1, 0.15) is 0 Å². The zero-order valence-electron chi connectivity index (χ0n) is 11.4. The van der Waals surface area contributed by atoms with Gasteiger partial charge < -0.3 is 10.6 Å². The maximum Gasteiger partial charge on any atom is 0.251 e. The fraction of sp³-hybridized carbons (Fsp3) is 0.267. The van der Waals surface area contributed by atoms with Gasteiger partial charge in [0.05, 0.1) is 3.79 Å². The Balaban J connectivity index is 2.00. The Labute approximate surface area is 131 Å². The predicted octanol–water partition coefficient (Wildman–Crippen LogP) is 4.26. The lowest BCUT2D eigenvalue weighted by Crippen LogP contribution is -2.30. The van der Waals surface area contributed by atoms with Crippen LogP contribution in [0.3, 0.4) is 0 Å². The van der Waals surface area contributed by atoms with Crippen LogP contribution in [0.4, 0.5) is 5.69 Å². The van der Waals surface area contributed by atoms with Gasteiger partial charge in [-0.05, 0) is 65.0 Å². The number of benzene rings is 1. The molecular formula is C15H17BrN2OS. The number of hydrogen-bond donors (Lipinski definition) is 2. The second-order valence-corrected chi connectivity index (χ2v) is 7.11. The number of hydrogen-bond acceptors (Lipinski definition) is 3. The fourth-order valence-corrected chi connectivity index (χ4v) is 2.97. The first-order valence-electron chi connectivity index (χ1n) is 6.42. The summed E-state index contributed by atoms with van der Waals surface area (Å²) in [6.07, 6.45) is 0. The monoisotopic (exact) mass is 352 g/mol. The second kappa shape index (κ2) is 6.90. The molecule has 0 aliphatic rings. The molecule has 2 aromatic rings.